The van der Waals surface area contributed by atoms with Crippen molar-refractivity contribution in [3.8, 4) is 0 Å². The van der Waals surface area contributed by atoms with Gasteiger partial charge in [-0.05, 0) is 49.4 Å². The lowest BCUT2D eigenvalue weighted by molar-refractivity contribution is 0.0872. The van der Waals surface area contributed by atoms with Gasteiger partial charge in [-0.3, -0.25) is 14.5 Å². The van der Waals surface area contributed by atoms with E-state index in [-0.39, 0.29) is 30.6 Å². The minimum absolute atomic E-state index is 0. The minimum Gasteiger partial charge on any atom is -0.347 e. The highest BCUT2D eigenvalue weighted by atomic mass is 16.2. The van der Waals surface area contributed by atoms with Gasteiger partial charge in [-0.2, -0.15) is 5.10 Å². The number of carbonyl (C=O) groups excluding carboxylic acids is 1. The molecule has 2 heterocycles. The molecule has 1 aliphatic carbocycles. The number of hydrogen-bond acceptors (Lipinski definition) is 4. The van der Waals surface area contributed by atoms with E-state index in [4.69, 9.17) is 0 Å². The van der Waals surface area contributed by atoms with Crippen molar-refractivity contribution in [2.75, 3.05) is 13.1 Å². The van der Waals surface area contributed by atoms with Crippen LogP contribution in [0.15, 0.2) is 53.3 Å². The summed E-state index contributed by atoms with van der Waals surface area (Å²) in [6.45, 7) is 1.93. The van der Waals surface area contributed by atoms with Crippen LogP contribution in [-0.4, -0.2) is 46.2 Å². The van der Waals surface area contributed by atoms with Gasteiger partial charge in [0.1, 0.15) is 0 Å². The molecule has 1 amide bonds. The lowest BCUT2D eigenvalue weighted by Crippen LogP contribution is -2.51. The lowest BCUT2D eigenvalue weighted by Gasteiger charge is -2.37. The molecule has 2 N–H and O–H groups in total. The van der Waals surface area contributed by atoms with Crippen molar-refractivity contribution in [3.63, 3.8) is 0 Å². The largest absolute Gasteiger partial charge is 0.347 e. The number of likely N-dealkylation sites (tertiary alicyclic amines) is 1. The zero-order valence-corrected chi connectivity index (χ0v) is 16.2. The van der Waals surface area contributed by atoms with Gasteiger partial charge < -0.3 is 5.32 Å². The average molecular weight is 405 g/mol. The van der Waals surface area contributed by atoms with Gasteiger partial charge >= 0.3 is 0 Å². The Kier molecular flexibility index (Phi) is 5.68. The van der Waals surface area contributed by atoms with Gasteiger partial charge in [0, 0.05) is 24.0 Å². The number of piperidine rings is 1. The van der Waals surface area contributed by atoms with Crippen molar-refractivity contribution in [1.29, 1.82) is 0 Å². The van der Waals surface area contributed by atoms with Gasteiger partial charge in [0.25, 0.3) is 11.5 Å². The molecular weight excluding hydrogens is 376 g/mol. The first-order valence-corrected chi connectivity index (χ1v) is 10.3. The highest BCUT2D eigenvalue weighted by Gasteiger charge is 2.31. The van der Waals surface area contributed by atoms with Crippen LogP contribution < -0.4 is 10.9 Å². The second-order valence-corrected chi connectivity index (χ2v) is 8.09. The number of rotatable bonds is 3. The number of amides is 1. The maximum Gasteiger partial charge on any atom is 0.272 e. The molecule has 30 heavy (non-hydrogen) atoms. The average Bonchev–Trinajstić information content (AvgIpc) is 3.19. The summed E-state index contributed by atoms with van der Waals surface area (Å²) in [5.74, 6) is -0.223. The van der Waals surface area contributed by atoms with Gasteiger partial charge in [-0.25, -0.2) is 5.10 Å². The Morgan fingerprint density at radius 3 is 2.43 bits per heavy atom. The first kappa shape index (κ1) is 20.3. The third-order valence-corrected chi connectivity index (χ3v) is 6.25. The monoisotopic (exact) mass is 404 g/mol. The zero-order valence-electron chi connectivity index (χ0n) is 16.2. The van der Waals surface area contributed by atoms with E-state index >= 15 is 0 Å². The second-order valence-electron chi connectivity index (χ2n) is 8.09. The fraction of sp³-hybridized carbons (Fsp3) is 0.375. The number of carbonyl (C=O) groups is 1. The van der Waals surface area contributed by atoms with E-state index < -0.39 is 0 Å². The van der Waals surface area contributed by atoms with Crippen molar-refractivity contribution in [3.05, 3.63) is 75.7 Å². The lowest BCUT2D eigenvalue weighted by atomic mass is 10.0. The summed E-state index contributed by atoms with van der Waals surface area (Å²) in [6, 6.07) is 16.4. The third kappa shape index (κ3) is 3.75. The molecule has 0 bridgehead atoms. The number of H-pyrrole nitrogens is 1. The first-order chi connectivity index (χ1) is 14.2. The molecule has 2 aromatic carbocycles. The molecule has 0 radical (unpaired) electrons. The number of nitrogens with zero attached hydrogens (tertiary/aromatic N) is 2. The Morgan fingerprint density at radius 1 is 1.03 bits per heavy atom. The molecule has 1 aliphatic heterocycles. The van der Waals surface area contributed by atoms with Crippen LogP contribution in [0.2, 0.25) is 0 Å². The normalized spacial score (nSPS) is 19.3. The van der Waals surface area contributed by atoms with Crippen molar-refractivity contribution in [2.45, 2.75) is 45.2 Å². The van der Waals surface area contributed by atoms with Crippen LogP contribution in [0.5, 0.6) is 0 Å². The van der Waals surface area contributed by atoms with Crippen LogP contribution in [-0.2, 0) is 12.8 Å². The summed E-state index contributed by atoms with van der Waals surface area (Å²) in [4.78, 5) is 27.4. The highest BCUT2D eigenvalue weighted by Crippen LogP contribution is 2.27. The maximum absolute atomic E-state index is 12.9. The van der Waals surface area contributed by atoms with Gasteiger partial charge in [-0.1, -0.05) is 49.9 Å². The number of fused-ring (bicyclic) bond motifs is 2. The van der Waals surface area contributed by atoms with Crippen molar-refractivity contribution in [2.24, 2.45) is 0 Å². The zero-order chi connectivity index (χ0) is 19.8. The summed E-state index contributed by atoms with van der Waals surface area (Å²) < 4.78 is 0. The molecule has 2 aliphatic rings. The van der Waals surface area contributed by atoms with Crippen molar-refractivity contribution in [1.82, 2.24) is 20.4 Å². The van der Waals surface area contributed by atoms with E-state index in [1.54, 1.807) is 18.2 Å². The summed E-state index contributed by atoms with van der Waals surface area (Å²) in [5.41, 5.74) is 2.91. The van der Waals surface area contributed by atoms with E-state index in [1.165, 1.54) is 11.1 Å². The number of nitrogens with one attached hydrogen (secondary N) is 2. The smallest absolute Gasteiger partial charge is 0.272 e. The Bertz CT molecular complexity index is 1100. The molecule has 6 nitrogen and oxygen atoms in total. The van der Waals surface area contributed by atoms with E-state index in [2.05, 4.69) is 44.7 Å². The molecule has 156 valence electrons. The summed E-state index contributed by atoms with van der Waals surface area (Å²) >= 11 is 0. The van der Waals surface area contributed by atoms with Crippen LogP contribution in [0, 0.1) is 0 Å². The van der Waals surface area contributed by atoms with Crippen LogP contribution in [0.4, 0.5) is 0 Å². The van der Waals surface area contributed by atoms with E-state index in [9.17, 15) is 9.59 Å². The fourth-order valence-corrected chi connectivity index (χ4v) is 4.79. The summed E-state index contributed by atoms with van der Waals surface area (Å²) in [6.07, 6.45) is 4.20. The quantitative estimate of drug-likeness (QED) is 0.704. The Labute approximate surface area is 176 Å². The number of benzene rings is 2. The van der Waals surface area contributed by atoms with Crippen LogP contribution in [0.1, 0.15) is 41.9 Å². The molecule has 6 heteroatoms. The number of hydrogen-bond donors (Lipinski definition) is 2. The molecule has 1 atom stereocenters. The third-order valence-electron chi connectivity index (χ3n) is 6.25. The fourth-order valence-electron chi connectivity index (χ4n) is 4.79. The molecule has 0 spiro atoms. The van der Waals surface area contributed by atoms with Gasteiger partial charge in [0.05, 0.1) is 5.39 Å². The molecule has 1 saturated heterocycles. The molecule has 1 fully saturated rings. The predicted molar refractivity (Wildman–Crippen MR) is 119 cm³/mol. The molecule has 1 aromatic heterocycles. The molecule has 5 rings (SSSR count). The molecule has 3 aromatic rings. The van der Waals surface area contributed by atoms with E-state index in [0.717, 1.165) is 38.8 Å². The highest BCUT2D eigenvalue weighted by molar-refractivity contribution is 6.04. The Morgan fingerprint density at radius 2 is 1.70 bits per heavy atom. The van der Waals surface area contributed by atoms with Gasteiger partial charge in [0.2, 0.25) is 0 Å². The second kappa shape index (κ2) is 8.40. The Balaban J connectivity index is 0.00000218. The minimum atomic E-state index is -0.276. The first-order valence-electron chi connectivity index (χ1n) is 10.3. The van der Waals surface area contributed by atoms with E-state index in [1.807, 2.05) is 6.07 Å². The molecule has 0 saturated carbocycles. The maximum atomic E-state index is 12.9. The standard InChI is InChI=1S/C23H24N4O2.CH4/c28-22-20-10-4-3-9-19(20)21(25-26-22)23(29)24-17-8-5-11-27(14-17)18-12-15-6-1-2-7-16(15)13-18;/h1-4,6-7,9-10,17-18H,5,8,11-14H2,(H,24,29)(H,26,28);1H4. The molecular formula is C24H28N4O2. The van der Waals surface area contributed by atoms with Crippen molar-refractivity contribution < 1.29 is 4.79 Å². The van der Waals surface area contributed by atoms with Crippen molar-refractivity contribution >= 4 is 16.7 Å². The van der Waals surface area contributed by atoms with Crippen LogP contribution >= 0.6 is 0 Å². The summed E-state index contributed by atoms with van der Waals surface area (Å²) in [5, 5.41) is 10.7. The van der Waals surface area contributed by atoms with Gasteiger partial charge in [-0.15, -0.1) is 0 Å². The predicted octanol–water partition coefficient (Wildman–Crippen LogP) is 2.92. The van der Waals surface area contributed by atoms with Crippen LogP contribution in [0.25, 0.3) is 10.8 Å². The van der Waals surface area contributed by atoms with Crippen LogP contribution in [0.3, 0.4) is 0 Å². The van der Waals surface area contributed by atoms with Gasteiger partial charge in [0.15, 0.2) is 5.69 Å². The number of aromatic nitrogens is 2. The Hall–Kier alpha value is -2.99. The number of aromatic amines is 1. The van der Waals surface area contributed by atoms with E-state index in [0.29, 0.717) is 16.8 Å². The molecule has 1 unspecified atom stereocenters. The SMILES string of the molecule is C.O=C(NC1CCCN(C2Cc3ccccc3C2)C1)c1n[nH]c(=O)c2ccccc12. The topological polar surface area (TPSA) is 78.1 Å². The summed E-state index contributed by atoms with van der Waals surface area (Å²) in [7, 11) is 0.